The summed E-state index contributed by atoms with van der Waals surface area (Å²) in [6, 6.07) is 7.45. The van der Waals surface area contributed by atoms with Gasteiger partial charge in [0, 0.05) is 42.9 Å². The zero-order chi connectivity index (χ0) is 18.3. The SMILES string of the molecule is NC(=O)c1n[nH]c2ccc(-c3cncc(CN4CCC(F)(F)C4)c3)cc12. The Kier molecular flexibility index (Phi) is 3.91. The number of pyridine rings is 1. The number of nitrogens with two attached hydrogens (primary N) is 1. The lowest BCUT2D eigenvalue weighted by Gasteiger charge is -2.15. The molecule has 4 rings (SSSR count). The van der Waals surface area contributed by atoms with Crippen LogP contribution in [0.3, 0.4) is 0 Å². The van der Waals surface area contributed by atoms with E-state index in [1.54, 1.807) is 17.3 Å². The fraction of sp³-hybridized carbons (Fsp3) is 0.278. The Balaban J connectivity index is 1.63. The number of H-pyrrole nitrogens is 1. The van der Waals surface area contributed by atoms with Gasteiger partial charge in [-0.3, -0.25) is 19.8 Å². The molecule has 1 aliphatic rings. The Morgan fingerprint density at radius 1 is 1.27 bits per heavy atom. The highest BCUT2D eigenvalue weighted by atomic mass is 19.3. The lowest BCUT2D eigenvalue weighted by Crippen LogP contribution is -2.24. The molecule has 0 unspecified atom stereocenters. The van der Waals surface area contributed by atoms with Gasteiger partial charge in [-0.1, -0.05) is 6.07 Å². The third-order valence-electron chi connectivity index (χ3n) is 4.58. The standard InChI is InChI=1S/C18H17F2N5O/c19-18(20)3-4-25(10-18)9-11-5-13(8-22-7-11)12-1-2-15-14(6-12)16(17(21)26)24-23-15/h1-2,5-8H,3-4,9-10H2,(H2,21,26)(H,23,24). The summed E-state index contributed by atoms with van der Waals surface area (Å²) in [6.45, 7) is 0.581. The maximum atomic E-state index is 13.4. The molecule has 2 aromatic heterocycles. The number of primary amides is 1. The number of hydrogen-bond donors (Lipinski definition) is 2. The molecule has 1 aromatic carbocycles. The van der Waals surface area contributed by atoms with Gasteiger partial charge in [-0.05, 0) is 29.3 Å². The first-order valence-electron chi connectivity index (χ1n) is 8.24. The normalized spacial score (nSPS) is 17.0. The molecule has 6 nitrogen and oxygen atoms in total. The van der Waals surface area contributed by atoms with Crippen LogP contribution in [0.5, 0.6) is 0 Å². The third-order valence-corrected chi connectivity index (χ3v) is 4.58. The molecule has 3 heterocycles. The van der Waals surface area contributed by atoms with Crippen LogP contribution < -0.4 is 5.73 Å². The molecular weight excluding hydrogens is 340 g/mol. The van der Waals surface area contributed by atoms with Crippen LogP contribution in [0.4, 0.5) is 8.78 Å². The van der Waals surface area contributed by atoms with Gasteiger partial charge in [-0.25, -0.2) is 8.78 Å². The summed E-state index contributed by atoms with van der Waals surface area (Å²) in [5.74, 6) is -3.21. The Morgan fingerprint density at radius 3 is 2.85 bits per heavy atom. The van der Waals surface area contributed by atoms with Crippen LogP contribution in [0.15, 0.2) is 36.7 Å². The van der Waals surface area contributed by atoms with E-state index in [-0.39, 0.29) is 18.7 Å². The topological polar surface area (TPSA) is 87.9 Å². The van der Waals surface area contributed by atoms with Gasteiger partial charge in [-0.2, -0.15) is 5.10 Å². The number of rotatable bonds is 4. The van der Waals surface area contributed by atoms with Crippen molar-refractivity contribution in [3.8, 4) is 11.1 Å². The molecule has 0 saturated carbocycles. The number of alkyl halides is 2. The molecule has 1 amide bonds. The molecule has 1 fully saturated rings. The van der Waals surface area contributed by atoms with Crippen molar-refractivity contribution in [1.29, 1.82) is 0 Å². The summed E-state index contributed by atoms with van der Waals surface area (Å²) in [6.07, 6.45) is 3.28. The van der Waals surface area contributed by atoms with Gasteiger partial charge in [0.05, 0.1) is 12.1 Å². The van der Waals surface area contributed by atoms with Crippen LogP contribution in [0.1, 0.15) is 22.5 Å². The molecular formula is C18H17F2N5O. The van der Waals surface area contributed by atoms with Crippen molar-refractivity contribution in [1.82, 2.24) is 20.1 Å². The Morgan fingerprint density at radius 2 is 2.12 bits per heavy atom. The average molecular weight is 357 g/mol. The van der Waals surface area contributed by atoms with Gasteiger partial charge in [0.25, 0.3) is 11.8 Å². The molecule has 3 N–H and O–H groups in total. The minimum Gasteiger partial charge on any atom is -0.364 e. The number of benzene rings is 1. The van der Waals surface area contributed by atoms with Crippen LogP contribution in [-0.4, -0.2) is 45.0 Å². The summed E-state index contributed by atoms with van der Waals surface area (Å²) in [7, 11) is 0. The molecule has 1 aliphatic heterocycles. The number of carbonyl (C=O) groups excluding carboxylic acids is 1. The van der Waals surface area contributed by atoms with Crippen molar-refractivity contribution in [2.75, 3.05) is 13.1 Å². The van der Waals surface area contributed by atoms with Crippen LogP contribution in [0, 0.1) is 0 Å². The lowest BCUT2D eigenvalue weighted by atomic mass is 10.0. The summed E-state index contributed by atoms with van der Waals surface area (Å²) >= 11 is 0. The average Bonchev–Trinajstić information content (AvgIpc) is 3.17. The lowest BCUT2D eigenvalue weighted by molar-refractivity contribution is 0.0115. The molecule has 8 heteroatoms. The molecule has 1 saturated heterocycles. The number of halogens is 2. The molecule has 3 aromatic rings. The summed E-state index contributed by atoms with van der Waals surface area (Å²) in [5, 5.41) is 7.35. The number of aromatic nitrogens is 3. The summed E-state index contributed by atoms with van der Waals surface area (Å²) in [5.41, 5.74) is 8.80. The fourth-order valence-electron chi connectivity index (χ4n) is 3.31. The zero-order valence-electron chi connectivity index (χ0n) is 13.9. The van der Waals surface area contributed by atoms with Gasteiger partial charge in [0.15, 0.2) is 5.69 Å². The van der Waals surface area contributed by atoms with Crippen molar-refractivity contribution in [2.24, 2.45) is 5.73 Å². The molecule has 0 spiro atoms. The number of hydrogen-bond acceptors (Lipinski definition) is 4. The van der Waals surface area contributed by atoms with E-state index >= 15 is 0 Å². The Labute approximate surface area is 148 Å². The number of fused-ring (bicyclic) bond motifs is 1. The fourth-order valence-corrected chi connectivity index (χ4v) is 3.31. The van der Waals surface area contributed by atoms with E-state index in [9.17, 15) is 13.6 Å². The van der Waals surface area contributed by atoms with E-state index in [2.05, 4.69) is 15.2 Å². The van der Waals surface area contributed by atoms with Crippen molar-refractivity contribution in [3.05, 3.63) is 47.9 Å². The first-order chi connectivity index (χ1) is 12.4. The van der Waals surface area contributed by atoms with Gasteiger partial charge in [0.2, 0.25) is 0 Å². The number of nitrogens with one attached hydrogen (secondary N) is 1. The second-order valence-electron chi connectivity index (χ2n) is 6.60. The monoisotopic (exact) mass is 357 g/mol. The minimum atomic E-state index is -2.61. The summed E-state index contributed by atoms with van der Waals surface area (Å²) < 4.78 is 26.7. The van der Waals surface area contributed by atoms with Crippen molar-refractivity contribution < 1.29 is 13.6 Å². The molecule has 134 valence electrons. The number of amides is 1. The molecule has 0 bridgehead atoms. The van der Waals surface area contributed by atoms with E-state index < -0.39 is 11.8 Å². The molecule has 26 heavy (non-hydrogen) atoms. The highest BCUT2D eigenvalue weighted by molar-refractivity contribution is 6.04. The second-order valence-corrected chi connectivity index (χ2v) is 6.60. The highest BCUT2D eigenvalue weighted by Gasteiger charge is 2.37. The maximum Gasteiger partial charge on any atom is 0.269 e. The van der Waals surface area contributed by atoms with E-state index in [0.717, 1.165) is 16.7 Å². The van der Waals surface area contributed by atoms with Crippen LogP contribution in [0.25, 0.3) is 22.0 Å². The summed E-state index contributed by atoms with van der Waals surface area (Å²) in [4.78, 5) is 17.4. The Hall–Kier alpha value is -2.87. The highest BCUT2D eigenvalue weighted by Crippen LogP contribution is 2.29. The first-order valence-corrected chi connectivity index (χ1v) is 8.24. The third kappa shape index (κ3) is 3.15. The van der Waals surface area contributed by atoms with Crippen LogP contribution in [0.2, 0.25) is 0 Å². The zero-order valence-corrected chi connectivity index (χ0v) is 13.9. The predicted octanol–water partition coefficient (Wildman–Crippen LogP) is 2.56. The van der Waals surface area contributed by atoms with Crippen LogP contribution in [-0.2, 0) is 6.54 Å². The van der Waals surface area contributed by atoms with E-state index in [1.807, 2.05) is 24.3 Å². The van der Waals surface area contributed by atoms with Gasteiger partial charge < -0.3 is 5.73 Å². The van der Waals surface area contributed by atoms with E-state index in [0.29, 0.717) is 24.0 Å². The van der Waals surface area contributed by atoms with Crippen molar-refractivity contribution in [3.63, 3.8) is 0 Å². The predicted molar refractivity (Wildman–Crippen MR) is 92.7 cm³/mol. The number of aromatic amines is 1. The van der Waals surface area contributed by atoms with Gasteiger partial charge >= 0.3 is 0 Å². The quantitative estimate of drug-likeness (QED) is 0.751. The van der Waals surface area contributed by atoms with Gasteiger partial charge in [0.1, 0.15) is 0 Å². The maximum absolute atomic E-state index is 13.4. The van der Waals surface area contributed by atoms with Crippen LogP contribution >= 0.6 is 0 Å². The second kappa shape index (κ2) is 6.14. The number of nitrogens with zero attached hydrogens (tertiary/aromatic N) is 3. The minimum absolute atomic E-state index is 0.104. The number of likely N-dealkylation sites (tertiary alicyclic amines) is 1. The van der Waals surface area contributed by atoms with Gasteiger partial charge in [-0.15, -0.1) is 0 Å². The molecule has 0 aliphatic carbocycles. The van der Waals surface area contributed by atoms with Crippen molar-refractivity contribution in [2.45, 2.75) is 18.9 Å². The largest absolute Gasteiger partial charge is 0.364 e. The Bertz CT molecular complexity index is 985. The molecule has 0 radical (unpaired) electrons. The van der Waals surface area contributed by atoms with E-state index in [1.165, 1.54) is 0 Å². The van der Waals surface area contributed by atoms with Crippen molar-refractivity contribution >= 4 is 16.8 Å². The van der Waals surface area contributed by atoms with E-state index in [4.69, 9.17) is 5.73 Å². The number of carbonyl (C=O) groups is 1. The first kappa shape index (κ1) is 16.6. The molecule has 0 atom stereocenters. The smallest absolute Gasteiger partial charge is 0.269 e.